The molecule has 1 amide bonds. The summed E-state index contributed by atoms with van der Waals surface area (Å²) in [5.74, 6) is -1.01. The number of carbonyl (C=O) groups excluding carboxylic acids is 1. The van der Waals surface area contributed by atoms with Gasteiger partial charge in [-0.1, -0.05) is 29.8 Å². The molecular weight excluding hydrogens is 282 g/mol. The van der Waals surface area contributed by atoms with Crippen molar-refractivity contribution in [3.05, 3.63) is 35.4 Å². The Morgan fingerprint density at radius 2 is 1.82 bits per heavy atom. The van der Waals surface area contributed by atoms with Crippen LogP contribution in [0.4, 0.5) is 4.79 Å². The Bertz CT molecular complexity index is 573. The Balaban J connectivity index is 2.42. The Morgan fingerprint density at radius 1 is 1.23 bits per heavy atom. The van der Waals surface area contributed by atoms with Gasteiger partial charge in [0.1, 0.15) is 5.60 Å². The summed E-state index contributed by atoms with van der Waals surface area (Å²) < 4.78 is 5.40. The third-order valence-electron chi connectivity index (χ3n) is 3.88. The number of hydrogen-bond acceptors (Lipinski definition) is 3. The smallest absolute Gasteiger partial charge is 0.411 e. The van der Waals surface area contributed by atoms with Crippen molar-refractivity contribution in [2.45, 2.75) is 51.7 Å². The molecule has 0 spiro atoms. The van der Waals surface area contributed by atoms with E-state index in [2.05, 4.69) is 0 Å². The minimum Gasteiger partial charge on any atom is -0.479 e. The summed E-state index contributed by atoms with van der Waals surface area (Å²) in [6, 6.07) is 7.30. The lowest BCUT2D eigenvalue weighted by atomic mass is 9.87. The molecule has 0 aromatic heterocycles. The van der Waals surface area contributed by atoms with Gasteiger partial charge in [-0.15, -0.1) is 0 Å². The van der Waals surface area contributed by atoms with Gasteiger partial charge in [0, 0.05) is 6.54 Å². The van der Waals surface area contributed by atoms with Crippen molar-refractivity contribution in [2.24, 2.45) is 0 Å². The van der Waals surface area contributed by atoms with Gasteiger partial charge < -0.3 is 9.84 Å². The van der Waals surface area contributed by atoms with E-state index < -0.39 is 23.2 Å². The van der Waals surface area contributed by atoms with E-state index >= 15 is 0 Å². The highest BCUT2D eigenvalue weighted by atomic mass is 16.6. The third-order valence-corrected chi connectivity index (χ3v) is 3.88. The SMILES string of the molecule is Cc1ccc([C@]2(C(=O)O)CCCN2C(=O)OC(C)(C)C)cc1. The van der Waals surface area contributed by atoms with Gasteiger partial charge in [-0.2, -0.15) is 0 Å². The molecule has 0 bridgehead atoms. The van der Waals surface area contributed by atoms with Crippen LogP contribution in [0.2, 0.25) is 0 Å². The van der Waals surface area contributed by atoms with Gasteiger partial charge in [0.15, 0.2) is 5.54 Å². The maximum atomic E-state index is 12.5. The monoisotopic (exact) mass is 305 g/mol. The van der Waals surface area contributed by atoms with Gasteiger partial charge in [-0.3, -0.25) is 4.90 Å². The highest BCUT2D eigenvalue weighted by molar-refractivity contribution is 5.86. The molecule has 2 rings (SSSR count). The van der Waals surface area contributed by atoms with Crippen molar-refractivity contribution >= 4 is 12.1 Å². The number of ether oxygens (including phenoxy) is 1. The number of carboxylic acids is 1. The zero-order valence-corrected chi connectivity index (χ0v) is 13.5. The average Bonchev–Trinajstić information content (AvgIpc) is 2.83. The number of benzene rings is 1. The van der Waals surface area contributed by atoms with Crippen molar-refractivity contribution in [1.82, 2.24) is 4.90 Å². The fourth-order valence-corrected chi connectivity index (χ4v) is 2.86. The van der Waals surface area contributed by atoms with Crippen LogP contribution in [0.25, 0.3) is 0 Å². The minimum atomic E-state index is -1.34. The zero-order chi connectivity index (χ0) is 16.5. The van der Waals surface area contributed by atoms with Gasteiger partial charge in [-0.25, -0.2) is 9.59 Å². The number of rotatable bonds is 2. The van der Waals surface area contributed by atoms with Crippen molar-refractivity contribution < 1.29 is 19.4 Å². The molecule has 5 nitrogen and oxygen atoms in total. The zero-order valence-electron chi connectivity index (χ0n) is 13.5. The lowest BCUT2D eigenvalue weighted by Gasteiger charge is -2.36. The molecule has 1 heterocycles. The lowest BCUT2D eigenvalue weighted by molar-refractivity contribution is -0.150. The Kier molecular flexibility index (Phi) is 4.18. The molecule has 1 aromatic rings. The number of aryl methyl sites for hydroxylation is 1. The summed E-state index contributed by atoms with van der Waals surface area (Å²) >= 11 is 0. The first-order valence-corrected chi connectivity index (χ1v) is 7.48. The van der Waals surface area contributed by atoms with Crippen molar-refractivity contribution in [3.8, 4) is 0 Å². The third kappa shape index (κ3) is 2.93. The van der Waals surface area contributed by atoms with E-state index in [1.54, 1.807) is 32.9 Å². The molecule has 5 heteroatoms. The second-order valence-electron chi connectivity index (χ2n) is 6.77. The maximum absolute atomic E-state index is 12.5. The number of amides is 1. The second-order valence-corrected chi connectivity index (χ2v) is 6.77. The van der Waals surface area contributed by atoms with Crippen LogP contribution in [0.1, 0.15) is 44.7 Å². The lowest BCUT2D eigenvalue weighted by Crippen LogP contribution is -2.52. The first kappa shape index (κ1) is 16.3. The summed E-state index contributed by atoms with van der Waals surface area (Å²) in [4.78, 5) is 25.9. The molecule has 1 aliphatic rings. The number of likely N-dealkylation sites (tertiary alicyclic amines) is 1. The molecule has 1 aromatic carbocycles. The van der Waals surface area contributed by atoms with Crippen LogP contribution in [0.15, 0.2) is 24.3 Å². The average molecular weight is 305 g/mol. The molecule has 0 unspecified atom stereocenters. The maximum Gasteiger partial charge on any atom is 0.411 e. The van der Waals surface area contributed by atoms with Crippen LogP contribution in [0.3, 0.4) is 0 Å². The van der Waals surface area contributed by atoms with E-state index in [4.69, 9.17) is 4.74 Å². The topological polar surface area (TPSA) is 66.8 Å². The summed E-state index contributed by atoms with van der Waals surface area (Å²) in [7, 11) is 0. The van der Waals surface area contributed by atoms with Crippen molar-refractivity contribution in [3.63, 3.8) is 0 Å². The fraction of sp³-hybridized carbons (Fsp3) is 0.529. The van der Waals surface area contributed by atoms with E-state index in [0.29, 0.717) is 24.9 Å². The predicted molar refractivity (Wildman–Crippen MR) is 82.7 cm³/mol. The van der Waals surface area contributed by atoms with Crippen LogP contribution < -0.4 is 0 Å². The standard InChI is InChI=1S/C17H23NO4/c1-12-6-8-13(9-7-12)17(14(19)20)10-5-11-18(17)15(21)22-16(2,3)4/h6-9H,5,10-11H2,1-4H3,(H,19,20)/t17-/m0/s1. The van der Waals surface area contributed by atoms with Crippen molar-refractivity contribution in [1.29, 1.82) is 0 Å². The summed E-state index contributed by atoms with van der Waals surface area (Å²) in [6.45, 7) is 7.65. The molecule has 1 saturated heterocycles. The molecular formula is C17H23NO4. The van der Waals surface area contributed by atoms with Crippen LogP contribution in [0.5, 0.6) is 0 Å². The molecule has 120 valence electrons. The van der Waals surface area contributed by atoms with E-state index in [9.17, 15) is 14.7 Å². The number of aliphatic carboxylic acids is 1. The number of hydrogen-bond donors (Lipinski definition) is 1. The van der Waals surface area contributed by atoms with Gasteiger partial charge >= 0.3 is 12.1 Å². The van der Waals surface area contributed by atoms with E-state index in [1.807, 2.05) is 19.1 Å². The summed E-state index contributed by atoms with van der Waals surface area (Å²) in [5, 5.41) is 9.85. The van der Waals surface area contributed by atoms with Crippen LogP contribution in [-0.2, 0) is 15.1 Å². The van der Waals surface area contributed by atoms with E-state index in [-0.39, 0.29) is 0 Å². The first-order chi connectivity index (χ1) is 10.2. The molecule has 0 saturated carbocycles. The Hall–Kier alpha value is -2.04. The molecule has 0 radical (unpaired) electrons. The van der Waals surface area contributed by atoms with Crippen LogP contribution in [-0.4, -0.2) is 34.2 Å². The van der Waals surface area contributed by atoms with Crippen molar-refractivity contribution in [2.75, 3.05) is 6.54 Å². The van der Waals surface area contributed by atoms with E-state index in [1.165, 1.54) is 4.90 Å². The van der Waals surface area contributed by atoms with E-state index in [0.717, 1.165) is 5.56 Å². The highest BCUT2D eigenvalue weighted by Gasteiger charge is 2.52. The first-order valence-electron chi connectivity index (χ1n) is 7.48. The molecule has 0 aliphatic carbocycles. The molecule has 1 N–H and O–H groups in total. The number of carbonyl (C=O) groups is 2. The minimum absolute atomic E-state index is 0.384. The number of nitrogens with zero attached hydrogens (tertiary/aromatic N) is 1. The quantitative estimate of drug-likeness (QED) is 0.910. The van der Waals surface area contributed by atoms with Crippen LogP contribution >= 0.6 is 0 Å². The fourth-order valence-electron chi connectivity index (χ4n) is 2.86. The second kappa shape index (κ2) is 5.63. The normalized spacial score (nSPS) is 21.7. The highest BCUT2D eigenvalue weighted by Crippen LogP contribution is 2.40. The van der Waals surface area contributed by atoms with Gasteiger partial charge in [0.05, 0.1) is 0 Å². The van der Waals surface area contributed by atoms with Gasteiger partial charge in [0.25, 0.3) is 0 Å². The van der Waals surface area contributed by atoms with Gasteiger partial charge in [-0.05, 0) is 46.1 Å². The van der Waals surface area contributed by atoms with Gasteiger partial charge in [0.2, 0.25) is 0 Å². The number of carboxylic acid groups (broad SMARTS) is 1. The largest absolute Gasteiger partial charge is 0.479 e. The summed E-state index contributed by atoms with van der Waals surface area (Å²) in [6.07, 6.45) is 0.456. The van der Waals surface area contributed by atoms with Crippen LogP contribution in [0, 0.1) is 6.92 Å². The Labute approximate surface area is 130 Å². The predicted octanol–water partition coefficient (Wildman–Crippen LogP) is 3.31. The molecule has 1 atom stereocenters. The molecule has 1 aliphatic heterocycles. The molecule has 22 heavy (non-hydrogen) atoms. The summed E-state index contributed by atoms with van der Waals surface area (Å²) in [5.41, 5.74) is -0.326. The molecule has 1 fully saturated rings. The Morgan fingerprint density at radius 3 is 2.32 bits per heavy atom.